The van der Waals surface area contributed by atoms with E-state index in [0.717, 1.165) is 22.9 Å². The number of hydrogen-bond donors (Lipinski definition) is 2. The molecule has 2 fully saturated rings. The van der Waals surface area contributed by atoms with Crippen LogP contribution < -0.4 is 10.7 Å². The lowest BCUT2D eigenvalue weighted by Crippen LogP contribution is -2.67. The molecule has 2 N–H and O–H groups in total. The summed E-state index contributed by atoms with van der Waals surface area (Å²) in [7, 11) is 0. The minimum atomic E-state index is -0.341. The summed E-state index contributed by atoms with van der Waals surface area (Å²) in [5, 5.41) is 8.68. The highest BCUT2D eigenvalue weighted by atomic mass is 32.2. The summed E-state index contributed by atoms with van der Waals surface area (Å²) in [5.41, 5.74) is 6.83. The van der Waals surface area contributed by atoms with Gasteiger partial charge in [-0.1, -0.05) is 71.9 Å². The molecule has 1 aliphatic carbocycles. The van der Waals surface area contributed by atoms with Gasteiger partial charge in [0.25, 0.3) is 0 Å². The number of nitrogens with one attached hydrogen (secondary N) is 2. The van der Waals surface area contributed by atoms with E-state index < -0.39 is 0 Å². The average molecular weight is 506 g/mol. The van der Waals surface area contributed by atoms with Crippen molar-refractivity contribution < 1.29 is 9.59 Å². The van der Waals surface area contributed by atoms with E-state index in [9.17, 15) is 9.59 Å². The van der Waals surface area contributed by atoms with Crippen LogP contribution in [0.25, 0.3) is 0 Å². The van der Waals surface area contributed by atoms with E-state index in [1.54, 1.807) is 11.8 Å². The van der Waals surface area contributed by atoms with Gasteiger partial charge in [-0.25, -0.2) is 0 Å². The fourth-order valence-electron chi connectivity index (χ4n) is 5.48. The van der Waals surface area contributed by atoms with Crippen molar-refractivity contribution in [3.8, 4) is 0 Å². The number of hydrazone groups is 1. The lowest BCUT2D eigenvalue weighted by Gasteiger charge is -2.51. The Morgan fingerprint density at radius 1 is 1.11 bits per heavy atom. The second kappa shape index (κ2) is 10.5. The Bertz CT molecular complexity index is 1120. The molecule has 3 aliphatic rings. The third kappa shape index (κ3) is 5.09. The number of fused-ring (bicyclic) bond motifs is 3. The highest BCUT2D eigenvalue weighted by molar-refractivity contribution is 8.13. The van der Waals surface area contributed by atoms with Crippen LogP contribution in [0.4, 0.5) is 0 Å². The maximum absolute atomic E-state index is 13.8. The number of benzene rings is 2. The van der Waals surface area contributed by atoms with Gasteiger partial charge < -0.3 is 10.2 Å². The molecule has 2 amide bonds. The molecule has 1 saturated heterocycles. The number of aryl methyl sites for hydroxylation is 1. The maximum atomic E-state index is 13.8. The van der Waals surface area contributed by atoms with Crippen LogP contribution in [0.3, 0.4) is 0 Å². The number of nitrogens with zero attached hydrogens (tertiary/aromatic N) is 3. The van der Waals surface area contributed by atoms with Crippen LogP contribution >= 0.6 is 11.8 Å². The van der Waals surface area contributed by atoms with Gasteiger partial charge >= 0.3 is 0 Å². The molecule has 2 aromatic rings. The number of amides is 2. The minimum Gasteiger partial charge on any atom is -0.354 e. The maximum Gasteiger partial charge on any atom is 0.231 e. The summed E-state index contributed by atoms with van der Waals surface area (Å²) < 4.78 is 0. The van der Waals surface area contributed by atoms with Crippen molar-refractivity contribution in [3.63, 3.8) is 0 Å². The molecule has 36 heavy (non-hydrogen) atoms. The van der Waals surface area contributed by atoms with Crippen molar-refractivity contribution in [3.05, 3.63) is 71.3 Å². The number of carbonyl (C=O) groups excluding carboxylic acids is 2. The first-order valence-corrected chi connectivity index (χ1v) is 13.8. The zero-order valence-electron chi connectivity index (χ0n) is 21.2. The van der Waals surface area contributed by atoms with Gasteiger partial charge in [0.1, 0.15) is 0 Å². The molecule has 5 rings (SSSR count). The van der Waals surface area contributed by atoms with Gasteiger partial charge in [0.05, 0.1) is 5.92 Å². The van der Waals surface area contributed by atoms with Crippen molar-refractivity contribution in [2.24, 2.45) is 16.9 Å². The van der Waals surface area contributed by atoms with Crippen LogP contribution in [-0.2, 0) is 21.9 Å². The van der Waals surface area contributed by atoms with Gasteiger partial charge in [0, 0.05) is 30.3 Å². The van der Waals surface area contributed by atoms with Gasteiger partial charge in [-0.05, 0) is 51.2 Å². The molecule has 8 heteroatoms. The van der Waals surface area contributed by atoms with Crippen molar-refractivity contribution in [2.75, 3.05) is 0 Å². The Morgan fingerprint density at radius 2 is 1.86 bits per heavy atom. The van der Waals surface area contributed by atoms with E-state index in [-0.39, 0.29) is 42.0 Å². The average Bonchev–Trinajstić information content (AvgIpc) is 3.30. The summed E-state index contributed by atoms with van der Waals surface area (Å²) in [6.07, 6.45) is 1.77. The van der Waals surface area contributed by atoms with Crippen molar-refractivity contribution >= 4 is 28.7 Å². The van der Waals surface area contributed by atoms with Gasteiger partial charge in [0.15, 0.2) is 11.5 Å². The lowest BCUT2D eigenvalue weighted by atomic mass is 9.75. The fraction of sp³-hybridized carbons (Fsp3) is 0.464. The number of carbonyl (C=O) groups is 2. The molecule has 2 heterocycles. The summed E-state index contributed by atoms with van der Waals surface area (Å²) in [4.78, 5) is 30.9. The second-order valence-corrected chi connectivity index (χ2v) is 11.3. The molecule has 4 unspecified atom stereocenters. The number of amidine groups is 1. The van der Waals surface area contributed by atoms with Crippen LogP contribution in [0.2, 0.25) is 0 Å². The van der Waals surface area contributed by atoms with Crippen LogP contribution in [0.1, 0.15) is 49.8 Å². The number of thioether (sulfide) groups is 1. The first-order valence-electron chi connectivity index (χ1n) is 12.9. The Labute approximate surface area is 217 Å². The molecular formula is C28H35N5O2S. The zero-order valence-corrected chi connectivity index (χ0v) is 22.0. The van der Waals surface area contributed by atoms with Gasteiger partial charge in [-0.15, -0.1) is 0 Å². The van der Waals surface area contributed by atoms with Gasteiger partial charge in [-0.2, -0.15) is 5.10 Å². The van der Waals surface area contributed by atoms with Gasteiger partial charge in [-0.3, -0.25) is 19.9 Å². The van der Waals surface area contributed by atoms with E-state index >= 15 is 0 Å². The standard InChI is InChI=1S/C28H35N5O2S/c1-18(2)29-25(34)22-13-14-23-24(15-22)33-27(32(26(23)35)16-20-7-5-4-6-8-20)30-31-28(33)36-17-21-11-9-19(3)10-12-21/h4-12,18,22-24,27,30H,13-17H2,1-3H3,(H,29,34). The summed E-state index contributed by atoms with van der Waals surface area (Å²) in [6, 6.07) is 18.7. The van der Waals surface area contributed by atoms with Crippen LogP contribution in [-0.4, -0.2) is 45.2 Å². The molecule has 0 bridgehead atoms. The fourth-order valence-corrected chi connectivity index (χ4v) is 6.47. The zero-order chi connectivity index (χ0) is 25.2. The monoisotopic (exact) mass is 505 g/mol. The molecular weight excluding hydrogens is 470 g/mol. The Morgan fingerprint density at radius 3 is 2.58 bits per heavy atom. The van der Waals surface area contributed by atoms with Gasteiger partial charge in [0.2, 0.25) is 11.8 Å². The molecule has 4 atom stereocenters. The van der Waals surface area contributed by atoms with E-state index in [0.29, 0.717) is 19.4 Å². The Kier molecular flexibility index (Phi) is 7.23. The van der Waals surface area contributed by atoms with Crippen LogP contribution in [0, 0.1) is 18.8 Å². The molecule has 1 saturated carbocycles. The third-order valence-electron chi connectivity index (χ3n) is 7.32. The number of hydrogen-bond acceptors (Lipinski definition) is 6. The quantitative estimate of drug-likeness (QED) is 0.620. The van der Waals surface area contributed by atoms with E-state index in [1.807, 2.05) is 36.9 Å². The topological polar surface area (TPSA) is 77.0 Å². The first kappa shape index (κ1) is 24.7. The van der Waals surface area contributed by atoms with Crippen molar-refractivity contribution in [1.29, 1.82) is 0 Å². The largest absolute Gasteiger partial charge is 0.354 e. The van der Waals surface area contributed by atoms with E-state index in [2.05, 4.69) is 59.0 Å². The molecule has 0 aromatic heterocycles. The third-order valence-corrected chi connectivity index (χ3v) is 8.35. The molecule has 2 aliphatic heterocycles. The summed E-state index contributed by atoms with van der Waals surface area (Å²) in [6.45, 7) is 6.59. The smallest absolute Gasteiger partial charge is 0.231 e. The lowest BCUT2D eigenvalue weighted by molar-refractivity contribution is -0.159. The molecule has 190 valence electrons. The Balaban J connectivity index is 1.39. The number of rotatable bonds is 6. The highest BCUT2D eigenvalue weighted by Crippen LogP contribution is 2.41. The van der Waals surface area contributed by atoms with Crippen LogP contribution in [0.15, 0.2) is 59.7 Å². The normalized spacial score (nSPS) is 25.2. The Hall–Kier alpha value is -3.00. The van der Waals surface area contributed by atoms with Crippen molar-refractivity contribution in [2.45, 2.75) is 70.7 Å². The van der Waals surface area contributed by atoms with E-state index in [1.165, 1.54) is 11.1 Å². The summed E-state index contributed by atoms with van der Waals surface area (Å²) in [5.74, 6) is 0.813. The summed E-state index contributed by atoms with van der Waals surface area (Å²) >= 11 is 1.69. The molecule has 2 aromatic carbocycles. The predicted molar refractivity (Wildman–Crippen MR) is 144 cm³/mol. The molecule has 7 nitrogen and oxygen atoms in total. The van der Waals surface area contributed by atoms with Crippen molar-refractivity contribution in [1.82, 2.24) is 20.5 Å². The molecule has 0 spiro atoms. The predicted octanol–water partition coefficient (Wildman–Crippen LogP) is 4.04. The van der Waals surface area contributed by atoms with E-state index in [4.69, 9.17) is 5.10 Å². The molecule has 0 radical (unpaired) electrons. The highest BCUT2D eigenvalue weighted by Gasteiger charge is 2.53. The first-order chi connectivity index (χ1) is 17.4. The minimum absolute atomic E-state index is 0.0505. The van der Waals surface area contributed by atoms with Crippen LogP contribution in [0.5, 0.6) is 0 Å². The second-order valence-electron chi connectivity index (χ2n) is 10.4. The SMILES string of the molecule is Cc1ccc(CSC2=NNC3N(Cc4ccccc4)C(=O)C4CCC(C(=O)NC(C)C)CC4N23)cc1.